The highest BCUT2D eigenvalue weighted by Gasteiger charge is 2.35. The van der Waals surface area contributed by atoms with E-state index in [2.05, 4.69) is 5.32 Å². The monoisotopic (exact) mass is 752 g/mol. The van der Waals surface area contributed by atoms with E-state index in [0.717, 1.165) is 5.56 Å². The number of carbonyl (C=O) groups excluding carboxylic acids is 3. The summed E-state index contributed by atoms with van der Waals surface area (Å²) in [6.07, 6.45) is 2.68. The van der Waals surface area contributed by atoms with Crippen LogP contribution in [0.5, 0.6) is 17.2 Å². The van der Waals surface area contributed by atoms with Gasteiger partial charge in [0.05, 0.1) is 19.1 Å². The number of nitrogens with one attached hydrogen (secondary N) is 1. The normalized spacial score (nSPS) is 13.8. The Morgan fingerprint density at radius 1 is 0.927 bits per heavy atom. The molecule has 1 aromatic heterocycles. The molecular formula is C42H44N2O11. The number of carbonyl (C=O) groups is 4. The van der Waals surface area contributed by atoms with Crippen LogP contribution in [0.15, 0.2) is 107 Å². The molecule has 0 aliphatic carbocycles. The van der Waals surface area contributed by atoms with Crippen LogP contribution < -0.4 is 19.5 Å². The average Bonchev–Trinajstić information content (AvgIpc) is 3.83. The third-order valence-electron chi connectivity index (χ3n) is 8.67. The lowest BCUT2D eigenvalue weighted by molar-refractivity contribution is -0.152. The summed E-state index contributed by atoms with van der Waals surface area (Å²) >= 11 is 0. The molecule has 55 heavy (non-hydrogen) atoms. The molecule has 288 valence electrons. The average molecular weight is 753 g/mol. The van der Waals surface area contributed by atoms with Crippen LogP contribution >= 0.6 is 0 Å². The number of esters is 1. The topological polar surface area (TPSA) is 174 Å². The van der Waals surface area contributed by atoms with E-state index in [0.29, 0.717) is 34.3 Å². The second-order valence-electron chi connectivity index (χ2n) is 13.8. The lowest BCUT2D eigenvalue weighted by Gasteiger charge is -2.34. The van der Waals surface area contributed by atoms with Crippen LogP contribution in [0.25, 0.3) is 6.08 Å². The molecule has 4 aromatic rings. The Bertz CT molecular complexity index is 2080. The lowest BCUT2D eigenvalue weighted by atomic mass is 9.87. The van der Waals surface area contributed by atoms with E-state index < -0.39 is 59.1 Å². The summed E-state index contributed by atoms with van der Waals surface area (Å²) in [5, 5.41) is 23.9. The van der Waals surface area contributed by atoms with Crippen LogP contribution in [0, 0.1) is 0 Å². The standard InChI is InChI=1S/C42H44N2O11/c1-26(32(28-16-18-34-36(22-28)53-25-52-34)23-31-17-19-35(54-31)39(48)43-29-13-7-6-8-14-29)44(20-10-12-27-11-9-15-30(21-27)51-5)40(49)38(47)33(24-37(45)46)41(50)55-42(2,3)4/h6-19,21-22,26,32,47H,20,23-25H2,1-5H3,(H,43,48)(H,45,46)/b12-10+,38-33?. The van der Waals surface area contributed by atoms with Crippen molar-refractivity contribution in [2.75, 3.05) is 25.8 Å². The Hall–Kier alpha value is -6.50. The number of hydrogen-bond donors (Lipinski definition) is 3. The minimum atomic E-state index is -1.44. The van der Waals surface area contributed by atoms with Gasteiger partial charge >= 0.3 is 11.9 Å². The highest BCUT2D eigenvalue weighted by molar-refractivity contribution is 6.04. The van der Waals surface area contributed by atoms with Crippen LogP contribution in [0.4, 0.5) is 5.69 Å². The number of aliphatic hydroxyl groups excluding tert-OH is 1. The van der Waals surface area contributed by atoms with E-state index in [1.807, 2.05) is 24.3 Å². The van der Waals surface area contributed by atoms with Crippen molar-refractivity contribution in [2.45, 2.75) is 58.1 Å². The minimum absolute atomic E-state index is 0.0342. The highest BCUT2D eigenvalue weighted by atomic mass is 16.7. The van der Waals surface area contributed by atoms with Gasteiger partial charge in [0.15, 0.2) is 23.0 Å². The maximum atomic E-state index is 14.4. The summed E-state index contributed by atoms with van der Waals surface area (Å²) in [4.78, 5) is 53.9. The van der Waals surface area contributed by atoms with Crippen molar-refractivity contribution in [3.63, 3.8) is 0 Å². The summed E-state index contributed by atoms with van der Waals surface area (Å²) < 4.78 is 28.0. The van der Waals surface area contributed by atoms with Gasteiger partial charge in [-0.2, -0.15) is 0 Å². The molecule has 0 saturated heterocycles. The fourth-order valence-corrected chi connectivity index (χ4v) is 5.96. The third-order valence-corrected chi connectivity index (χ3v) is 8.67. The SMILES string of the molecule is COc1cccc(/C=C/CN(C(=O)C(O)=C(CC(=O)O)C(=O)OC(C)(C)C)C(C)C(Cc2ccc(C(=O)Nc3ccccc3)o2)c2ccc3c(c2)OCO3)c1. The summed E-state index contributed by atoms with van der Waals surface area (Å²) in [7, 11) is 1.55. The van der Waals surface area contributed by atoms with Gasteiger partial charge in [-0.25, -0.2) is 4.79 Å². The van der Waals surface area contributed by atoms with E-state index in [1.54, 1.807) is 108 Å². The number of methoxy groups -OCH3 is 1. The second-order valence-corrected chi connectivity index (χ2v) is 13.8. The Kier molecular flexibility index (Phi) is 12.7. The molecule has 0 spiro atoms. The number of hydrogen-bond acceptors (Lipinski definition) is 10. The first kappa shape index (κ1) is 39.7. The zero-order valence-electron chi connectivity index (χ0n) is 31.2. The van der Waals surface area contributed by atoms with Crippen molar-refractivity contribution >= 4 is 35.5 Å². The highest BCUT2D eigenvalue weighted by Crippen LogP contribution is 2.38. The van der Waals surface area contributed by atoms with Crippen LogP contribution in [-0.4, -0.2) is 71.0 Å². The summed E-state index contributed by atoms with van der Waals surface area (Å²) in [5.41, 5.74) is 0.334. The fraction of sp³-hybridized carbons (Fsp3) is 0.286. The number of carboxylic acids is 1. The fourth-order valence-electron chi connectivity index (χ4n) is 5.96. The molecule has 2 heterocycles. The molecule has 2 amide bonds. The maximum absolute atomic E-state index is 14.4. The first-order valence-electron chi connectivity index (χ1n) is 17.6. The molecule has 3 aromatic carbocycles. The van der Waals surface area contributed by atoms with Crippen molar-refractivity contribution < 1.29 is 52.8 Å². The van der Waals surface area contributed by atoms with Crippen LogP contribution in [0.1, 0.15) is 67.5 Å². The number of aliphatic carboxylic acids is 1. The van der Waals surface area contributed by atoms with Gasteiger partial charge < -0.3 is 43.8 Å². The Labute approximate surface area is 318 Å². The molecule has 0 radical (unpaired) electrons. The number of benzene rings is 3. The zero-order valence-corrected chi connectivity index (χ0v) is 31.2. The summed E-state index contributed by atoms with van der Waals surface area (Å²) in [6, 6.07) is 24.0. The van der Waals surface area contributed by atoms with Gasteiger partial charge in [0.1, 0.15) is 17.1 Å². The molecule has 0 saturated carbocycles. The number of carboxylic acid groups (broad SMARTS) is 1. The van der Waals surface area contributed by atoms with Crippen molar-refractivity contribution in [3.8, 4) is 17.2 Å². The van der Waals surface area contributed by atoms with Crippen LogP contribution in [0.3, 0.4) is 0 Å². The Morgan fingerprint density at radius 3 is 2.38 bits per heavy atom. The van der Waals surface area contributed by atoms with Gasteiger partial charge in [0.2, 0.25) is 6.79 Å². The molecule has 3 N–H and O–H groups in total. The Morgan fingerprint density at radius 2 is 1.67 bits per heavy atom. The van der Waals surface area contributed by atoms with Crippen LogP contribution in [0.2, 0.25) is 0 Å². The van der Waals surface area contributed by atoms with E-state index >= 15 is 0 Å². The van der Waals surface area contributed by atoms with Crippen molar-refractivity contribution in [3.05, 3.63) is 125 Å². The zero-order chi connectivity index (χ0) is 39.7. The number of amides is 2. The first-order valence-corrected chi connectivity index (χ1v) is 17.6. The van der Waals surface area contributed by atoms with Gasteiger partial charge in [-0.05, 0) is 87.4 Å². The molecule has 0 bridgehead atoms. The number of furan rings is 1. The molecule has 1 aliphatic heterocycles. The molecule has 1 aliphatic rings. The van der Waals surface area contributed by atoms with E-state index in [9.17, 15) is 29.4 Å². The van der Waals surface area contributed by atoms with Crippen molar-refractivity contribution in [1.29, 1.82) is 0 Å². The number of para-hydroxylation sites is 1. The lowest BCUT2D eigenvalue weighted by Crippen LogP contribution is -2.44. The number of rotatable bonds is 15. The summed E-state index contributed by atoms with van der Waals surface area (Å²) in [6.45, 7) is 6.46. The van der Waals surface area contributed by atoms with Crippen molar-refractivity contribution in [1.82, 2.24) is 4.90 Å². The molecule has 13 nitrogen and oxygen atoms in total. The molecular weight excluding hydrogens is 708 g/mol. The summed E-state index contributed by atoms with van der Waals surface area (Å²) in [5.74, 6) is -3.51. The van der Waals surface area contributed by atoms with Gasteiger partial charge in [0.25, 0.3) is 11.8 Å². The number of aliphatic hydroxyl groups is 1. The van der Waals surface area contributed by atoms with E-state index in [4.69, 9.17) is 23.4 Å². The predicted octanol–water partition coefficient (Wildman–Crippen LogP) is 7.15. The molecule has 13 heteroatoms. The third kappa shape index (κ3) is 10.6. The van der Waals surface area contributed by atoms with Gasteiger partial charge in [-0.15, -0.1) is 0 Å². The molecule has 2 atom stereocenters. The van der Waals surface area contributed by atoms with Crippen molar-refractivity contribution in [2.24, 2.45) is 0 Å². The van der Waals surface area contributed by atoms with Gasteiger partial charge in [-0.3, -0.25) is 14.4 Å². The number of ether oxygens (including phenoxy) is 4. The number of anilines is 1. The molecule has 2 unspecified atom stereocenters. The maximum Gasteiger partial charge on any atom is 0.339 e. The van der Waals surface area contributed by atoms with Crippen LogP contribution in [-0.2, 0) is 25.5 Å². The molecule has 5 rings (SSSR count). The van der Waals surface area contributed by atoms with Gasteiger partial charge in [0, 0.05) is 30.6 Å². The smallest absolute Gasteiger partial charge is 0.339 e. The number of nitrogens with zero attached hydrogens (tertiary/aromatic N) is 1. The predicted molar refractivity (Wildman–Crippen MR) is 203 cm³/mol. The quantitative estimate of drug-likeness (QED) is 0.0639. The van der Waals surface area contributed by atoms with E-state index in [-0.39, 0.29) is 25.5 Å². The second kappa shape index (κ2) is 17.5. The van der Waals surface area contributed by atoms with E-state index in [1.165, 1.54) is 4.90 Å². The first-order chi connectivity index (χ1) is 26.2. The Balaban J connectivity index is 1.55. The molecule has 0 fully saturated rings. The van der Waals surface area contributed by atoms with Gasteiger partial charge in [-0.1, -0.05) is 48.6 Å². The minimum Gasteiger partial charge on any atom is -0.503 e. The number of fused-ring (bicyclic) bond motifs is 1. The largest absolute Gasteiger partial charge is 0.503 e.